The number of carbonyl (C=O) groups is 2. The molecule has 2 nitrogen and oxygen atoms in total. The molecule has 10 heavy (non-hydrogen) atoms. The molecule has 1 heterocycles. The Bertz CT molecular complexity index is 158. The average Bonchev–Trinajstić information content (AvgIpc) is 1.84. The van der Waals surface area contributed by atoms with Crippen LogP contribution in [0.4, 0.5) is 0 Å². The molecular weight excluding hydrogens is 148 g/mol. The topological polar surface area (TPSA) is 34.1 Å². The molecule has 0 saturated carbocycles. The molecule has 1 aliphatic rings. The molecule has 0 amide bonds. The second-order valence-electron chi connectivity index (χ2n) is 2.53. The van der Waals surface area contributed by atoms with Gasteiger partial charge < -0.3 is 0 Å². The minimum absolute atomic E-state index is 0.0210. The molecule has 2 atom stereocenters. The van der Waals surface area contributed by atoms with Gasteiger partial charge in [-0.3, -0.25) is 9.59 Å². The Morgan fingerprint density at radius 1 is 1.20 bits per heavy atom. The van der Waals surface area contributed by atoms with Crippen LogP contribution in [0.5, 0.6) is 0 Å². The highest BCUT2D eigenvalue weighted by molar-refractivity contribution is 8.02. The quantitative estimate of drug-likeness (QED) is 0.494. The Balaban J connectivity index is 2.63. The van der Waals surface area contributed by atoms with Crippen LogP contribution in [0.25, 0.3) is 0 Å². The van der Waals surface area contributed by atoms with Crippen LogP contribution in [0, 0.1) is 0 Å². The van der Waals surface area contributed by atoms with Crippen molar-refractivity contribution in [3.05, 3.63) is 0 Å². The molecule has 1 rings (SSSR count). The highest BCUT2D eigenvalue weighted by Gasteiger charge is 2.29. The molecule has 0 aromatic heterocycles. The molecule has 2 unspecified atom stereocenters. The van der Waals surface area contributed by atoms with Crippen LogP contribution in [-0.4, -0.2) is 22.1 Å². The third-order valence-corrected chi connectivity index (χ3v) is 3.01. The van der Waals surface area contributed by atoms with Gasteiger partial charge >= 0.3 is 0 Å². The van der Waals surface area contributed by atoms with Gasteiger partial charge in [-0.1, -0.05) is 0 Å². The minimum atomic E-state index is 0.0210. The summed E-state index contributed by atoms with van der Waals surface area (Å²) in [5.41, 5.74) is 0. The predicted molar refractivity (Wildman–Crippen MR) is 41.1 cm³/mol. The summed E-state index contributed by atoms with van der Waals surface area (Å²) in [5, 5.41) is 0.0420. The van der Waals surface area contributed by atoms with Crippen molar-refractivity contribution >= 4 is 23.3 Å². The van der Waals surface area contributed by atoms with E-state index in [0.717, 1.165) is 0 Å². The smallest absolute Gasteiger partial charge is 0.152 e. The highest BCUT2D eigenvalue weighted by atomic mass is 32.2. The van der Waals surface area contributed by atoms with Crippen molar-refractivity contribution in [2.45, 2.75) is 30.8 Å². The van der Waals surface area contributed by atoms with Gasteiger partial charge in [-0.25, -0.2) is 0 Å². The number of carbonyl (C=O) groups excluding carboxylic acids is 2. The van der Waals surface area contributed by atoms with E-state index in [1.54, 1.807) is 0 Å². The maximum atomic E-state index is 10.9. The SMILES string of the molecule is CC1SC(C)C(=O)CC1=O. The van der Waals surface area contributed by atoms with Crippen LogP contribution in [0.3, 0.4) is 0 Å². The zero-order valence-electron chi connectivity index (χ0n) is 6.09. The van der Waals surface area contributed by atoms with Crippen molar-refractivity contribution in [3.63, 3.8) is 0 Å². The molecule has 0 bridgehead atoms. The maximum Gasteiger partial charge on any atom is 0.152 e. The Morgan fingerprint density at radius 3 is 1.90 bits per heavy atom. The van der Waals surface area contributed by atoms with Crippen molar-refractivity contribution in [2.24, 2.45) is 0 Å². The fraction of sp³-hybridized carbons (Fsp3) is 0.714. The van der Waals surface area contributed by atoms with E-state index in [0.29, 0.717) is 0 Å². The largest absolute Gasteiger partial charge is 0.298 e. The standard InChI is InChI=1S/C7H10O2S/c1-4-6(8)3-7(9)5(2)10-4/h4-5H,3H2,1-2H3. The van der Waals surface area contributed by atoms with Crippen LogP contribution in [-0.2, 0) is 9.59 Å². The van der Waals surface area contributed by atoms with Crippen molar-refractivity contribution in [1.29, 1.82) is 0 Å². The molecule has 0 N–H and O–H groups in total. The summed E-state index contributed by atoms with van der Waals surface area (Å²) in [6, 6.07) is 0. The Labute approximate surface area is 64.4 Å². The number of rotatable bonds is 0. The molecule has 0 aromatic rings. The molecule has 1 aliphatic heterocycles. The molecular formula is C7H10O2S. The van der Waals surface area contributed by atoms with Crippen molar-refractivity contribution in [3.8, 4) is 0 Å². The summed E-state index contributed by atoms with van der Waals surface area (Å²) in [5.74, 6) is 0.154. The first-order valence-electron chi connectivity index (χ1n) is 3.32. The number of ketones is 2. The summed E-state index contributed by atoms with van der Waals surface area (Å²) < 4.78 is 0. The van der Waals surface area contributed by atoms with Gasteiger partial charge in [0.15, 0.2) is 11.6 Å². The first kappa shape index (κ1) is 7.79. The predicted octanol–water partition coefficient (Wildman–Crippen LogP) is 1.04. The van der Waals surface area contributed by atoms with Gasteiger partial charge in [-0.15, -0.1) is 11.8 Å². The summed E-state index contributed by atoms with van der Waals surface area (Å²) >= 11 is 1.46. The summed E-state index contributed by atoms with van der Waals surface area (Å²) in [6.45, 7) is 3.71. The lowest BCUT2D eigenvalue weighted by molar-refractivity contribution is -0.126. The zero-order valence-corrected chi connectivity index (χ0v) is 6.90. The maximum absolute atomic E-state index is 10.9. The monoisotopic (exact) mass is 158 g/mol. The van der Waals surface area contributed by atoms with E-state index in [-0.39, 0.29) is 28.5 Å². The van der Waals surface area contributed by atoms with Gasteiger partial charge in [-0.05, 0) is 13.8 Å². The van der Waals surface area contributed by atoms with E-state index in [1.165, 1.54) is 11.8 Å². The van der Waals surface area contributed by atoms with E-state index in [1.807, 2.05) is 13.8 Å². The Hall–Kier alpha value is -0.310. The van der Waals surface area contributed by atoms with Crippen LogP contribution < -0.4 is 0 Å². The summed E-state index contributed by atoms with van der Waals surface area (Å²) in [6.07, 6.45) is 0.148. The van der Waals surface area contributed by atoms with Crippen molar-refractivity contribution in [2.75, 3.05) is 0 Å². The van der Waals surface area contributed by atoms with Crippen LogP contribution >= 0.6 is 11.8 Å². The molecule has 1 saturated heterocycles. The van der Waals surface area contributed by atoms with Gasteiger partial charge in [0, 0.05) is 0 Å². The number of hydrogen-bond acceptors (Lipinski definition) is 3. The lowest BCUT2D eigenvalue weighted by Gasteiger charge is -2.20. The number of Topliss-reactive ketones (excluding diaryl/α,β-unsaturated/α-hetero) is 2. The van der Waals surface area contributed by atoms with Crippen molar-refractivity contribution < 1.29 is 9.59 Å². The van der Waals surface area contributed by atoms with E-state index in [9.17, 15) is 9.59 Å². The van der Waals surface area contributed by atoms with Crippen LogP contribution in [0.1, 0.15) is 20.3 Å². The number of thioether (sulfide) groups is 1. The first-order valence-corrected chi connectivity index (χ1v) is 4.26. The van der Waals surface area contributed by atoms with Gasteiger partial charge in [0.25, 0.3) is 0 Å². The van der Waals surface area contributed by atoms with Gasteiger partial charge in [0.05, 0.1) is 16.9 Å². The minimum Gasteiger partial charge on any atom is -0.298 e. The van der Waals surface area contributed by atoms with E-state index in [4.69, 9.17) is 0 Å². The fourth-order valence-electron chi connectivity index (χ4n) is 0.917. The lowest BCUT2D eigenvalue weighted by Crippen LogP contribution is -2.31. The molecule has 56 valence electrons. The normalized spacial score (nSPS) is 34.6. The first-order chi connectivity index (χ1) is 4.61. The summed E-state index contributed by atoms with van der Waals surface area (Å²) in [4.78, 5) is 21.8. The van der Waals surface area contributed by atoms with E-state index >= 15 is 0 Å². The molecule has 0 aliphatic carbocycles. The van der Waals surface area contributed by atoms with Gasteiger partial charge in [0.2, 0.25) is 0 Å². The average molecular weight is 158 g/mol. The Morgan fingerprint density at radius 2 is 1.60 bits per heavy atom. The summed E-state index contributed by atoms with van der Waals surface area (Å²) in [7, 11) is 0. The van der Waals surface area contributed by atoms with Crippen LogP contribution in [0.2, 0.25) is 0 Å². The zero-order chi connectivity index (χ0) is 7.72. The van der Waals surface area contributed by atoms with Gasteiger partial charge in [0.1, 0.15) is 0 Å². The third-order valence-electron chi connectivity index (χ3n) is 1.66. The lowest BCUT2D eigenvalue weighted by atomic mass is 10.1. The second-order valence-corrected chi connectivity index (χ2v) is 4.22. The highest BCUT2D eigenvalue weighted by Crippen LogP contribution is 2.25. The Kier molecular flexibility index (Phi) is 2.14. The molecule has 3 heteroatoms. The van der Waals surface area contributed by atoms with E-state index < -0.39 is 0 Å². The molecule has 0 radical (unpaired) electrons. The second kappa shape index (κ2) is 2.74. The van der Waals surface area contributed by atoms with Crippen molar-refractivity contribution in [1.82, 2.24) is 0 Å². The molecule has 0 spiro atoms. The van der Waals surface area contributed by atoms with Crippen LogP contribution in [0.15, 0.2) is 0 Å². The van der Waals surface area contributed by atoms with E-state index in [2.05, 4.69) is 0 Å². The number of hydrogen-bond donors (Lipinski definition) is 0. The molecule has 0 aromatic carbocycles. The van der Waals surface area contributed by atoms with Gasteiger partial charge in [-0.2, -0.15) is 0 Å². The fourth-order valence-corrected chi connectivity index (χ4v) is 2.00. The third kappa shape index (κ3) is 1.40. The molecule has 1 fully saturated rings.